The highest BCUT2D eigenvalue weighted by Gasteiger charge is 2.30. The minimum absolute atomic E-state index is 0.467. The molecule has 4 rings (SSSR count). The quantitative estimate of drug-likeness (QED) is 0.698. The van der Waals surface area contributed by atoms with E-state index in [0.717, 1.165) is 43.2 Å². The molecule has 2 aromatic carbocycles. The van der Waals surface area contributed by atoms with Crippen LogP contribution in [0.4, 0.5) is 11.5 Å². The van der Waals surface area contributed by atoms with Gasteiger partial charge in [-0.3, -0.25) is 9.88 Å². The van der Waals surface area contributed by atoms with Crippen molar-refractivity contribution in [1.82, 2.24) is 14.9 Å². The zero-order valence-electron chi connectivity index (χ0n) is 17.9. The summed E-state index contributed by atoms with van der Waals surface area (Å²) in [7, 11) is 0. The Labute approximate surface area is 173 Å². The number of nitrogens with zero attached hydrogens (tertiary/aromatic N) is 4. The summed E-state index contributed by atoms with van der Waals surface area (Å²) in [6.07, 6.45) is 1.92. The monoisotopic (exact) mass is 389 g/mol. The first-order chi connectivity index (χ1) is 14.0. The number of fused-ring (bicyclic) bond motifs is 1. The number of aryl methyl sites for hydroxylation is 2. The van der Waals surface area contributed by atoms with E-state index in [-0.39, 0.29) is 0 Å². The summed E-state index contributed by atoms with van der Waals surface area (Å²) in [5.74, 6) is 1.54. The first-order valence-corrected chi connectivity index (χ1v) is 10.5. The number of anilines is 2. The molecule has 0 amide bonds. The van der Waals surface area contributed by atoms with Crippen molar-refractivity contribution in [3.8, 4) is 0 Å². The molecule has 1 fully saturated rings. The van der Waals surface area contributed by atoms with Gasteiger partial charge in [0.05, 0.1) is 23.9 Å². The molecule has 0 aliphatic carbocycles. The van der Waals surface area contributed by atoms with Crippen LogP contribution in [0.2, 0.25) is 0 Å². The van der Waals surface area contributed by atoms with Crippen LogP contribution in [0.3, 0.4) is 0 Å². The maximum atomic E-state index is 4.86. The molecule has 5 nitrogen and oxygen atoms in total. The second-order valence-corrected chi connectivity index (χ2v) is 8.39. The minimum atomic E-state index is 0.467. The number of rotatable bonds is 5. The fraction of sp³-hybridized carbons (Fsp3) is 0.417. The maximum Gasteiger partial charge on any atom is 0.147 e. The standard InChI is InChI=1S/C24H31N5/c1-17(2)22-15-28(23-14-25-20-10-5-6-11-21(20)27-23)12-13-29(22)16-26-24-18(3)8-7-9-19(24)4/h5-11,14,17,22,26H,12-13,15-16H2,1-4H3. The van der Waals surface area contributed by atoms with Crippen LogP contribution < -0.4 is 10.2 Å². The zero-order chi connectivity index (χ0) is 20.4. The SMILES string of the molecule is Cc1cccc(C)c1NCN1CCN(c2cnc3ccccc3n2)CC1C(C)C. The third kappa shape index (κ3) is 4.20. The van der Waals surface area contributed by atoms with E-state index in [2.05, 4.69) is 66.0 Å². The van der Waals surface area contributed by atoms with Gasteiger partial charge in [-0.05, 0) is 43.0 Å². The van der Waals surface area contributed by atoms with Crippen molar-refractivity contribution in [2.24, 2.45) is 5.92 Å². The van der Waals surface area contributed by atoms with Crippen molar-refractivity contribution in [3.05, 3.63) is 59.8 Å². The Hall–Kier alpha value is -2.66. The molecule has 1 unspecified atom stereocenters. The molecular weight excluding hydrogens is 358 g/mol. The highest BCUT2D eigenvalue weighted by atomic mass is 15.3. The highest BCUT2D eigenvalue weighted by molar-refractivity contribution is 5.75. The minimum Gasteiger partial charge on any atom is -0.372 e. The summed E-state index contributed by atoms with van der Waals surface area (Å²) in [4.78, 5) is 14.4. The van der Waals surface area contributed by atoms with Crippen LogP contribution in [0.5, 0.6) is 0 Å². The van der Waals surface area contributed by atoms with Gasteiger partial charge in [0.2, 0.25) is 0 Å². The highest BCUT2D eigenvalue weighted by Crippen LogP contribution is 2.24. The van der Waals surface area contributed by atoms with Crippen LogP contribution in [-0.2, 0) is 0 Å². The van der Waals surface area contributed by atoms with E-state index >= 15 is 0 Å². The molecule has 0 bridgehead atoms. The molecule has 2 heterocycles. The molecule has 152 valence electrons. The van der Waals surface area contributed by atoms with E-state index in [4.69, 9.17) is 4.98 Å². The van der Waals surface area contributed by atoms with Gasteiger partial charge in [0, 0.05) is 31.4 Å². The lowest BCUT2D eigenvalue weighted by Crippen LogP contribution is -2.56. The Kier molecular flexibility index (Phi) is 5.67. The smallest absolute Gasteiger partial charge is 0.147 e. The number of hydrogen-bond acceptors (Lipinski definition) is 5. The van der Waals surface area contributed by atoms with Gasteiger partial charge in [0.1, 0.15) is 5.82 Å². The molecule has 1 atom stereocenters. The van der Waals surface area contributed by atoms with Gasteiger partial charge in [-0.15, -0.1) is 0 Å². The molecular formula is C24H31N5. The van der Waals surface area contributed by atoms with Gasteiger partial charge in [-0.2, -0.15) is 0 Å². The number of para-hydroxylation sites is 3. The van der Waals surface area contributed by atoms with E-state index < -0.39 is 0 Å². The van der Waals surface area contributed by atoms with Crippen LogP contribution in [0, 0.1) is 19.8 Å². The van der Waals surface area contributed by atoms with Crippen LogP contribution in [-0.4, -0.2) is 47.2 Å². The van der Waals surface area contributed by atoms with Crippen LogP contribution in [0.25, 0.3) is 11.0 Å². The summed E-state index contributed by atoms with van der Waals surface area (Å²) in [5, 5.41) is 3.69. The summed E-state index contributed by atoms with van der Waals surface area (Å²) < 4.78 is 0. The Morgan fingerprint density at radius 3 is 2.45 bits per heavy atom. The second kappa shape index (κ2) is 8.37. The maximum absolute atomic E-state index is 4.86. The summed E-state index contributed by atoms with van der Waals surface area (Å²) in [6, 6.07) is 15.0. The largest absolute Gasteiger partial charge is 0.372 e. The first-order valence-electron chi connectivity index (χ1n) is 10.5. The summed E-state index contributed by atoms with van der Waals surface area (Å²) in [6.45, 7) is 12.8. The molecule has 1 aliphatic heterocycles. The summed E-state index contributed by atoms with van der Waals surface area (Å²) in [5.41, 5.74) is 5.78. The Balaban J connectivity index is 1.48. The van der Waals surface area contributed by atoms with E-state index in [1.54, 1.807) is 0 Å². The van der Waals surface area contributed by atoms with E-state index in [1.807, 2.05) is 30.5 Å². The Morgan fingerprint density at radius 1 is 1.00 bits per heavy atom. The van der Waals surface area contributed by atoms with Crippen LogP contribution in [0.1, 0.15) is 25.0 Å². The summed E-state index contributed by atoms with van der Waals surface area (Å²) >= 11 is 0. The number of piperazine rings is 1. The predicted octanol–water partition coefficient (Wildman–Crippen LogP) is 4.46. The molecule has 29 heavy (non-hydrogen) atoms. The number of hydrogen-bond donors (Lipinski definition) is 1. The Morgan fingerprint density at radius 2 is 1.72 bits per heavy atom. The molecule has 1 aromatic heterocycles. The van der Waals surface area contributed by atoms with Gasteiger partial charge in [-0.1, -0.05) is 44.2 Å². The molecule has 0 saturated carbocycles. The average molecular weight is 390 g/mol. The number of nitrogens with one attached hydrogen (secondary N) is 1. The second-order valence-electron chi connectivity index (χ2n) is 8.39. The van der Waals surface area contributed by atoms with Crippen LogP contribution >= 0.6 is 0 Å². The third-order valence-electron chi connectivity index (χ3n) is 6.00. The van der Waals surface area contributed by atoms with Gasteiger partial charge in [0.15, 0.2) is 0 Å². The van der Waals surface area contributed by atoms with Crippen molar-refractivity contribution in [1.29, 1.82) is 0 Å². The van der Waals surface area contributed by atoms with Crippen molar-refractivity contribution < 1.29 is 0 Å². The molecule has 1 saturated heterocycles. The third-order valence-corrected chi connectivity index (χ3v) is 6.00. The predicted molar refractivity (Wildman–Crippen MR) is 121 cm³/mol. The van der Waals surface area contributed by atoms with Gasteiger partial charge < -0.3 is 10.2 Å². The molecule has 5 heteroatoms. The molecule has 0 spiro atoms. The van der Waals surface area contributed by atoms with Crippen molar-refractivity contribution in [2.45, 2.75) is 33.7 Å². The van der Waals surface area contributed by atoms with Gasteiger partial charge >= 0.3 is 0 Å². The fourth-order valence-corrected chi connectivity index (χ4v) is 4.26. The van der Waals surface area contributed by atoms with E-state index in [0.29, 0.717) is 12.0 Å². The Bertz CT molecular complexity index is 964. The number of aromatic nitrogens is 2. The lowest BCUT2D eigenvalue weighted by molar-refractivity contribution is 0.148. The molecule has 1 aliphatic rings. The fourth-order valence-electron chi connectivity index (χ4n) is 4.26. The lowest BCUT2D eigenvalue weighted by atomic mass is 10.00. The number of benzene rings is 2. The van der Waals surface area contributed by atoms with Crippen LogP contribution in [0.15, 0.2) is 48.7 Å². The zero-order valence-corrected chi connectivity index (χ0v) is 17.9. The van der Waals surface area contributed by atoms with Crippen molar-refractivity contribution in [3.63, 3.8) is 0 Å². The lowest BCUT2D eigenvalue weighted by Gasteiger charge is -2.44. The first kappa shape index (κ1) is 19.6. The van der Waals surface area contributed by atoms with E-state index in [1.165, 1.54) is 16.8 Å². The van der Waals surface area contributed by atoms with Gasteiger partial charge in [0.25, 0.3) is 0 Å². The topological polar surface area (TPSA) is 44.3 Å². The molecule has 3 aromatic rings. The normalized spacial score (nSPS) is 17.8. The van der Waals surface area contributed by atoms with Crippen molar-refractivity contribution >= 4 is 22.5 Å². The molecule has 0 radical (unpaired) electrons. The van der Waals surface area contributed by atoms with Crippen molar-refractivity contribution in [2.75, 3.05) is 36.5 Å². The van der Waals surface area contributed by atoms with Gasteiger partial charge in [-0.25, -0.2) is 4.98 Å². The molecule has 1 N–H and O–H groups in total. The average Bonchev–Trinajstić information content (AvgIpc) is 2.73. The van der Waals surface area contributed by atoms with E-state index in [9.17, 15) is 0 Å².